The van der Waals surface area contributed by atoms with Crippen LogP contribution in [0.4, 0.5) is 4.39 Å². The van der Waals surface area contributed by atoms with Crippen LogP contribution in [0.1, 0.15) is 5.69 Å². The molecule has 0 aliphatic rings. The molecule has 0 saturated heterocycles. The molecule has 1 aromatic rings. The molecule has 4 heteroatoms. The molecule has 0 aliphatic heterocycles. The number of halogens is 3. The van der Waals surface area contributed by atoms with Gasteiger partial charge in [0.2, 0.25) is 0 Å². The van der Waals surface area contributed by atoms with Gasteiger partial charge in [0.1, 0.15) is 5.82 Å². The fourth-order valence-corrected chi connectivity index (χ4v) is 1.32. The van der Waals surface area contributed by atoms with Crippen LogP contribution in [0, 0.1) is 5.82 Å². The molecule has 0 bridgehead atoms. The lowest BCUT2D eigenvalue weighted by Gasteiger charge is -1.97. The third kappa shape index (κ3) is 1.47. The van der Waals surface area contributed by atoms with Gasteiger partial charge in [-0.2, -0.15) is 0 Å². The van der Waals surface area contributed by atoms with Gasteiger partial charge in [-0.05, 0) is 6.07 Å². The first-order valence-corrected chi connectivity index (χ1v) is 4.10. The van der Waals surface area contributed by atoms with Crippen molar-refractivity contribution in [1.29, 1.82) is 0 Å². The molecule has 1 nitrogen and oxygen atoms in total. The molecule has 0 atom stereocenters. The number of aromatic nitrogens is 1. The van der Waals surface area contributed by atoms with Crippen LogP contribution in [0.5, 0.6) is 0 Å². The second kappa shape index (κ2) is 3.30. The third-order valence-electron chi connectivity index (χ3n) is 1.04. The van der Waals surface area contributed by atoms with Gasteiger partial charge in [-0.1, -0.05) is 27.5 Å². The Labute approximate surface area is 71.4 Å². The molecule has 1 aromatic heterocycles. The highest BCUT2D eigenvalue weighted by molar-refractivity contribution is 9.08. The molecule has 10 heavy (non-hydrogen) atoms. The van der Waals surface area contributed by atoms with Crippen molar-refractivity contribution in [2.45, 2.75) is 5.33 Å². The highest BCUT2D eigenvalue weighted by atomic mass is 79.9. The fourth-order valence-electron chi connectivity index (χ4n) is 0.554. The van der Waals surface area contributed by atoms with E-state index in [-0.39, 0.29) is 5.02 Å². The summed E-state index contributed by atoms with van der Waals surface area (Å²) in [5, 5.41) is 0.572. The summed E-state index contributed by atoms with van der Waals surface area (Å²) >= 11 is 8.65. The molecule has 0 unspecified atom stereocenters. The molecule has 0 aromatic carbocycles. The first kappa shape index (κ1) is 7.95. The van der Waals surface area contributed by atoms with E-state index in [2.05, 4.69) is 20.9 Å². The van der Waals surface area contributed by atoms with E-state index in [1.54, 1.807) is 0 Å². The quantitative estimate of drug-likeness (QED) is 0.669. The normalized spacial score (nSPS) is 9.90. The van der Waals surface area contributed by atoms with Crippen molar-refractivity contribution in [3.63, 3.8) is 0 Å². The molecule has 1 rings (SSSR count). The summed E-state index contributed by atoms with van der Waals surface area (Å²) in [7, 11) is 0. The summed E-state index contributed by atoms with van der Waals surface area (Å²) < 4.78 is 12.6. The van der Waals surface area contributed by atoms with Crippen molar-refractivity contribution >= 4 is 27.5 Å². The van der Waals surface area contributed by atoms with Gasteiger partial charge >= 0.3 is 0 Å². The lowest BCUT2D eigenvalue weighted by Crippen LogP contribution is -1.88. The van der Waals surface area contributed by atoms with E-state index in [0.29, 0.717) is 11.0 Å². The van der Waals surface area contributed by atoms with Gasteiger partial charge < -0.3 is 0 Å². The topological polar surface area (TPSA) is 12.9 Å². The maximum Gasteiger partial charge on any atom is 0.145 e. The minimum absolute atomic E-state index is 0.0966. The zero-order chi connectivity index (χ0) is 7.56. The van der Waals surface area contributed by atoms with E-state index < -0.39 is 5.82 Å². The summed E-state index contributed by atoms with van der Waals surface area (Å²) in [4.78, 5) is 3.84. The van der Waals surface area contributed by atoms with Crippen molar-refractivity contribution in [2.24, 2.45) is 0 Å². The summed E-state index contributed by atoms with van der Waals surface area (Å²) in [5.74, 6) is -0.425. The number of hydrogen-bond acceptors (Lipinski definition) is 1. The van der Waals surface area contributed by atoms with E-state index in [1.165, 1.54) is 12.3 Å². The van der Waals surface area contributed by atoms with Gasteiger partial charge in [-0.15, -0.1) is 0 Å². The van der Waals surface area contributed by atoms with Gasteiger partial charge in [0, 0.05) is 11.5 Å². The highest BCUT2D eigenvalue weighted by Gasteiger charge is 2.03. The van der Waals surface area contributed by atoms with Crippen molar-refractivity contribution in [2.75, 3.05) is 0 Å². The highest BCUT2D eigenvalue weighted by Crippen LogP contribution is 2.18. The smallest absolute Gasteiger partial charge is 0.145 e. The Kier molecular flexibility index (Phi) is 2.63. The maximum absolute atomic E-state index is 12.6. The van der Waals surface area contributed by atoms with Crippen LogP contribution >= 0.6 is 27.5 Å². The molecular formula is C6H4BrClFN. The molecule has 0 radical (unpaired) electrons. The van der Waals surface area contributed by atoms with E-state index in [9.17, 15) is 4.39 Å². The molecule has 0 saturated carbocycles. The number of nitrogens with zero attached hydrogens (tertiary/aromatic N) is 1. The Hall–Kier alpha value is -0.150. The zero-order valence-electron chi connectivity index (χ0n) is 4.94. The Bertz CT molecular complexity index is 241. The maximum atomic E-state index is 12.6. The Morgan fingerprint density at radius 3 is 2.90 bits per heavy atom. The third-order valence-corrected chi connectivity index (χ3v) is 1.97. The van der Waals surface area contributed by atoms with E-state index >= 15 is 0 Å². The number of pyridine rings is 1. The minimum atomic E-state index is -0.425. The largest absolute Gasteiger partial charge is 0.259 e. The van der Waals surface area contributed by atoms with Gasteiger partial charge in [0.25, 0.3) is 0 Å². The average Bonchev–Trinajstić information content (AvgIpc) is 1.95. The molecule has 0 aliphatic carbocycles. The second-order valence-electron chi connectivity index (χ2n) is 1.69. The number of alkyl halides is 1. The number of hydrogen-bond donors (Lipinski definition) is 0. The van der Waals surface area contributed by atoms with Gasteiger partial charge in [-0.3, -0.25) is 4.98 Å². The van der Waals surface area contributed by atoms with Crippen molar-refractivity contribution in [1.82, 2.24) is 4.98 Å². The van der Waals surface area contributed by atoms with Gasteiger partial charge in [-0.25, -0.2) is 4.39 Å². The Morgan fingerprint density at radius 1 is 1.70 bits per heavy atom. The lowest BCUT2D eigenvalue weighted by atomic mass is 10.4. The summed E-state index contributed by atoms with van der Waals surface area (Å²) in [5.41, 5.74) is 0.529. The fraction of sp³-hybridized carbons (Fsp3) is 0.167. The molecule has 1 heterocycles. The molecule has 0 fully saturated rings. The minimum Gasteiger partial charge on any atom is -0.259 e. The molecule has 0 spiro atoms. The van der Waals surface area contributed by atoms with E-state index in [0.717, 1.165) is 0 Å². The second-order valence-corrected chi connectivity index (χ2v) is 2.63. The first-order chi connectivity index (χ1) is 4.75. The first-order valence-electron chi connectivity index (χ1n) is 2.60. The van der Waals surface area contributed by atoms with E-state index in [4.69, 9.17) is 11.6 Å². The predicted octanol–water partition coefficient (Wildman–Crippen LogP) is 2.77. The Balaban J connectivity index is 3.14. The SMILES string of the molecule is Fc1ccnc(CBr)c1Cl. The van der Waals surface area contributed by atoms with Gasteiger partial charge in [0.05, 0.1) is 10.7 Å². The zero-order valence-corrected chi connectivity index (χ0v) is 7.28. The monoisotopic (exact) mass is 223 g/mol. The van der Waals surface area contributed by atoms with Crippen LogP contribution in [-0.4, -0.2) is 4.98 Å². The van der Waals surface area contributed by atoms with Crippen molar-refractivity contribution in [3.8, 4) is 0 Å². The van der Waals surface area contributed by atoms with Crippen molar-refractivity contribution in [3.05, 3.63) is 28.8 Å². The van der Waals surface area contributed by atoms with Crippen LogP contribution in [-0.2, 0) is 5.33 Å². The van der Waals surface area contributed by atoms with E-state index in [1.807, 2.05) is 0 Å². The van der Waals surface area contributed by atoms with Crippen LogP contribution in [0.3, 0.4) is 0 Å². The van der Waals surface area contributed by atoms with Crippen LogP contribution in [0.25, 0.3) is 0 Å². The molecule has 0 amide bonds. The molecule has 54 valence electrons. The van der Waals surface area contributed by atoms with Crippen LogP contribution < -0.4 is 0 Å². The summed E-state index contributed by atoms with van der Waals surface area (Å²) in [6.07, 6.45) is 1.39. The van der Waals surface area contributed by atoms with Gasteiger partial charge in [0.15, 0.2) is 0 Å². The summed E-state index contributed by atoms with van der Waals surface area (Å²) in [6.45, 7) is 0. The standard InChI is InChI=1S/C6H4BrClFN/c7-3-5-6(8)4(9)1-2-10-5/h1-2H,3H2. The molecule has 0 N–H and O–H groups in total. The lowest BCUT2D eigenvalue weighted by molar-refractivity contribution is 0.624. The average molecular weight is 224 g/mol. The molecular weight excluding hydrogens is 220 g/mol. The Morgan fingerprint density at radius 2 is 2.40 bits per heavy atom. The van der Waals surface area contributed by atoms with Crippen molar-refractivity contribution < 1.29 is 4.39 Å². The van der Waals surface area contributed by atoms with Crippen LogP contribution in [0.15, 0.2) is 12.3 Å². The predicted molar refractivity (Wildman–Crippen MR) is 41.8 cm³/mol. The van der Waals surface area contributed by atoms with Crippen LogP contribution in [0.2, 0.25) is 5.02 Å². The summed E-state index contributed by atoms with van der Waals surface area (Å²) in [6, 6.07) is 1.23. The number of rotatable bonds is 1.